The molecule has 4 rings (SSSR count). The number of nitrogens with zero attached hydrogens (tertiary/aromatic N) is 1. The van der Waals surface area contributed by atoms with E-state index in [4.69, 9.17) is 4.74 Å². The summed E-state index contributed by atoms with van der Waals surface area (Å²) in [6.45, 7) is 0.869. The minimum absolute atomic E-state index is 0.395. The summed E-state index contributed by atoms with van der Waals surface area (Å²) in [6, 6.07) is 31.9. The van der Waals surface area contributed by atoms with E-state index in [-0.39, 0.29) is 0 Å². The van der Waals surface area contributed by atoms with E-state index in [0.717, 1.165) is 16.7 Å². The first-order chi connectivity index (χ1) is 15.2. The van der Waals surface area contributed by atoms with Crippen LogP contribution in [0.25, 0.3) is 0 Å². The van der Waals surface area contributed by atoms with E-state index in [1.807, 2.05) is 54.6 Å². The molecule has 0 saturated carbocycles. The van der Waals surface area contributed by atoms with E-state index in [1.165, 1.54) is 16.8 Å². The fraction of sp³-hybridized carbons (Fsp3) is 0.154. The van der Waals surface area contributed by atoms with Crippen molar-refractivity contribution in [2.45, 2.75) is 18.6 Å². The van der Waals surface area contributed by atoms with Crippen molar-refractivity contribution in [1.82, 2.24) is 9.55 Å². The Kier molecular flexibility index (Phi) is 6.24. The average molecular weight is 412 g/mol. The van der Waals surface area contributed by atoms with Gasteiger partial charge in [0.1, 0.15) is 5.60 Å². The summed E-state index contributed by atoms with van der Waals surface area (Å²) in [5.74, 6) is 0. The number of aromatic amines is 1. The van der Waals surface area contributed by atoms with Gasteiger partial charge in [-0.1, -0.05) is 91.0 Å². The number of ether oxygens (including phenoxy) is 1. The Bertz CT molecular complexity index is 1120. The lowest BCUT2D eigenvalue weighted by molar-refractivity contribution is 0.00991. The molecule has 0 aliphatic heterocycles. The van der Waals surface area contributed by atoms with Gasteiger partial charge in [-0.2, -0.15) is 0 Å². The van der Waals surface area contributed by atoms with E-state index in [2.05, 4.69) is 41.4 Å². The molecule has 5 heteroatoms. The molecular formula is C26H24N2O3. The molecule has 1 heterocycles. The predicted molar refractivity (Wildman–Crippen MR) is 121 cm³/mol. The second-order valence-corrected chi connectivity index (χ2v) is 7.28. The fourth-order valence-corrected chi connectivity index (χ4v) is 3.85. The minimum Gasteiger partial charge on any atom is -0.361 e. The van der Waals surface area contributed by atoms with E-state index in [0.29, 0.717) is 19.6 Å². The van der Waals surface area contributed by atoms with Gasteiger partial charge in [0.05, 0.1) is 6.61 Å². The Morgan fingerprint density at radius 2 is 1.19 bits per heavy atom. The van der Waals surface area contributed by atoms with Crippen molar-refractivity contribution in [3.05, 3.63) is 141 Å². The molecule has 4 aromatic rings. The van der Waals surface area contributed by atoms with Gasteiger partial charge in [0.2, 0.25) is 0 Å². The maximum Gasteiger partial charge on any atom is 0.328 e. The Balaban J connectivity index is 1.68. The van der Waals surface area contributed by atoms with Crippen molar-refractivity contribution < 1.29 is 4.74 Å². The van der Waals surface area contributed by atoms with Gasteiger partial charge in [0, 0.05) is 18.8 Å². The summed E-state index contributed by atoms with van der Waals surface area (Å²) in [4.78, 5) is 25.5. The molecule has 0 aliphatic carbocycles. The Labute approximate surface area is 180 Å². The van der Waals surface area contributed by atoms with Crippen LogP contribution in [0.1, 0.15) is 23.1 Å². The highest BCUT2D eigenvalue weighted by Crippen LogP contribution is 2.40. The molecule has 0 saturated heterocycles. The molecule has 0 bridgehead atoms. The van der Waals surface area contributed by atoms with Gasteiger partial charge in [-0.3, -0.25) is 9.78 Å². The average Bonchev–Trinajstić information content (AvgIpc) is 2.82. The standard InChI is InChI=1S/C26H24N2O3/c29-24-17-19-28(25(30)27-24)18-10-20-31-26(21-11-4-1-5-12-21,22-13-6-2-7-14-22)23-15-8-3-9-16-23/h1-9,11-17,19H,10,18,20H2,(H,27,29,30). The highest BCUT2D eigenvalue weighted by Gasteiger charge is 2.37. The number of aromatic nitrogens is 2. The minimum atomic E-state index is -0.778. The second-order valence-electron chi connectivity index (χ2n) is 7.28. The monoisotopic (exact) mass is 412 g/mol. The lowest BCUT2D eigenvalue weighted by Gasteiger charge is -2.36. The van der Waals surface area contributed by atoms with E-state index in [1.54, 1.807) is 0 Å². The molecule has 3 aromatic carbocycles. The summed E-state index contributed by atoms with van der Waals surface area (Å²) >= 11 is 0. The third kappa shape index (κ3) is 4.42. The maximum atomic E-state index is 12.0. The highest BCUT2D eigenvalue weighted by molar-refractivity contribution is 5.47. The first-order valence-corrected chi connectivity index (χ1v) is 10.3. The van der Waals surface area contributed by atoms with Crippen LogP contribution in [0.15, 0.2) is 113 Å². The van der Waals surface area contributed by atoms with Gasteiger partial charge < -0.3 is 9.30 Å². The molecule has 0 aliphatic rings. The van der Waals surface area contributed by atoms with Crippen molar-refractivity contribution in [3.63, 3.8) is 0 Å². The van der Waals surface area contributed by atoms with Gasteiger partial charge >= 0.3 is 5.69 Å². The van der Waals surface area contributed by atoms with Crippen molar-refractivity contribution in [1.29, 1.82) is 0 Å². The van der Waals surface area contributed by atoms with Gasteiger partial charge in [-0.15, -0.1) is 0 Å². The summed E-state index contributed by atoms with van der Waals surface area (Å²) in [5, 5.41) is 0. The number of aryl methyl sites for hydroxylation is 1. The first kappa shape index (κ1) is 20.6. The van der Waals surface area contributed by atoms with Crippen molar-refractivity contribution >= 4 is 0 Å². The lowest BCUT2D eigenvalue weighted by atomic mass is 9.80. The smallest absolute Gasteiger partial charge is 0.328 e. The van der Waals surface area contributed by atoms with Gasteiger partial charge in [-0.25, -0.2) is 4.79 Å². The first-order valence-electron chi connectivity index (χ1n) is 10.3. The molecule has 0 radical (unpaired) electrons. The number of H-pyrrole nitrogens is 1. The van der Waals surface area contributed by atoms with Crippen LogP contribution >= 0.6 is 0 Å². The zero-order chi connectivity index (χ0) is 21.5. The third-order valence-corrected chi connectivity index (χ3v) is 5.30. The molecule has 156 valence electrons. The van der Waals surface area contributed by atoms with E-state index < -0.39 is 16.9 Å². The van der Waals surface area contributed by atoms with Crippen LogP contribution in [-0.4, -0.2) is 16.2 Å². The van der Waals surface area contributed by atoms with E-state index in [9.17, 15) is 9.59 Å². The highest BCUT2D eigenvalue weighted by atomic mass is 16.5. The van der Waals surface area contributed by atoms with Crippen LogP contribution in [0.2, 0.25) is 0 Å². The van der Waals surface area contributed by atoms with Gasteiger partial charge in [-0.05, 0) is 23.1 Å². The molecule has 0 atom stereocenters. The zero-order valence-corrected chi connectivity index (χ0v) is 17.1. The molecule has 0 fully saturated rings. The van der Waals surface area contributed by atoms with Crippen LogP contribution in [0.4, 0.5) is 0 Å². The SMILES string of the molecule is O=c1ccn(CCCOC(c2ccccc2)(c2ccccc2)c2ccccc2)c(=O)[nH]1. The topological polar surface area (TPSA) is 64.1 Å². The lowest BCUT2D eigenvalue weighted by Crippen LogP contribution is -2.34. The van der Waals surface area contributed by atoms with Crippen molar-refractivity contribution in [3.8, 4) is 0 Å². The molecule has 0 unspecified atom stereocenters. The third-order valence-electron chi connectivity index (χ3n) is 5.30. The maximum absolute atomic E-state index is 12.0. The van der Waals surface area contributed by atoms with Crippen LogP contribution in [0.5, 0.6) is 0 Å². The van der Waals surface area contributed by atoms with Crippen LogP contribution in [0, 0.1) is 0 Å². The fourth-order valence-electron chi connectivity index (χ4n) is 3.85. The van der Waals surface area contributed by atoms with Gasteiger partial charge in [0.15, 0.2) is 0 Å². The van der Waals surface area contributed by atoms with Crippen LogP contribution in [0.3, 0.4) is 0 Å². The number of nitrogens with one attached hydrogen (secondary N) is 1. The van der Waals surface area contributed by atoms with Crippen LogP contribution < -0.4 is 11.2 Å². The van der Waals surface area contributed by atoms with Gasteiger partial charge in [0.25, 0.3) is 5.56 Å². The van der Waals surface area contributed by atoms with E-state index >= 15 is 0 Å². The Morgan fingerprint density at radius 1 is 0.710 bits per heavy atom. The molecule has 5 nitrogen and oxygen atoms in total. The zero-order valence-electron chi connectivity index (χ0n) is 17.1. The molecule has 31 heavy (non-hydrogen) atoms. The summed E-state index contributed by atoms with van der Waals surface area (Å²) in [6.07, 6.45) is 2.13. The largest absolute Gasteiger partial charge is 0.361 e. The number of hydrogen-bond acceptors (Lipinski definition) is 3. The second kappa shape index (κ2) is 9.41. The van der Waals surface area contributed by atoms with Crippen molar-refractivity contribution in [2.24, 2.45) is 0 Å². The normalized spacial score (nSPS) is 11.4. The molecule has 0 spiro atoms. The number of rotatable bonds is 8. The van der Waals surface area contributed by atoms with Crippen LogP contribution in [-0.2, 0) is 16.9 Å². The summed E-state index contributed by atoms with van der Waals surface area (Å²) in [5.41, 5.74) is 1.53. The van der Waals surface area contributed by atoms with Crippen molar-refractivity contribution in [2.75, 3.05) is 6.61 Å². The number of benzene rings is 3. The quantitative estimate of drug-likeness (QED) is 0.352. The molecule has 0 amide bonds. The molecular weight excluding hydrogens is 388 g/mol. The Hall–Kier alpha value is -3.70. The molecule has 1 aromatic heterocycles. The number of hydrogen-bond donors (Lipinski definition) is 1. The predicted octanol–water partition coefficient (Wildman–Crippen LogP) is 3.94. The Morgan fingerprint density at radius 3 is 1.65 bits per heavy atom. The summed E-state index contributed by atoms with van der Waals surface area (Å²) < 4.78 is 8.17. The summed E-state index contributed by atoms with van der Waals surface area (Å²) in [7, 11) is 0. The molecule has 1 N–H and O–H groups in total.